The topological polar surface area (TPSA) is 43.4 Å². The van der Waals surface area contributed by atoms with Crippen molar-refractivity contribution in [2.24, 2.45) is 0 Å². The summed E-state index contributed by atoms with van der Waals surface area (Å²) in [7, 11) is 1.43. The van der Waals surface area contributed by atoms with Gasteiger partial charge in [-0.25, -0.2) is 0 Å². The average molecular weight is 369 g/mol. The van der Waals surface area contributed by atoms with Crippen LogP contribution in [0, 0.1) is 0 Å². The number of carbonyl (C=O) groups excluding carboxylic acids is 2. The van der Waals surface area contributed by atoms with Crippen LogP contribution in [0.2, 0.25) is 0 Å². The first-order valence-corrected chi connectivity index (χ1v) is 11.3. The molecule has 0 bridgehead atoms. The molecule has 0 aromatic carbocycles. The quantitative estimate of drug-likeness (QED) is 0.169. The normalized spacial score (nSPS) is 10.8. The number of carbonyl (C=O) groups is 2. The summed E-state index contributed by atoms with van der Waals surface area (Å²) in [6.07, 6.45) is 21.9. The number of hydrogen-bond acceptors (Lipinski definition) is 3. The third-order valence-electron chi connectivity index (χ3n) is 5.12. The van der Waals surface area contributed by atoms with Gasteiger partial charge in [-0.2, -0.15) is 0 Å². The summed E-state index contributed by atoms with van der Waals surface area (Å²) in [5, 5.41) is 0. The SMILES string of the molecule is CCCCCCCCCCCCCCC(=O)CCCCCCC(=O)OC. The van der Waals surface area contributed by atoms with Crippen molar-refractivity contribution in [2.45, 2.75) is 129 Å². The fraction of sp³-hybridized carbons (Fsp3) is 0.913. The maximum Gasteiger partial charge on any atom is 0.305 e. The lowest BCUT2D eigenvalue weighted by Crippen LogP contribution is -2.00. The van der Waals surface area contributed by atoms with E-state index in [1.807, 2.05) is 0 Å². The number of ether oxygens (including phenoxy) is 1. The third-order valence-corrected chi connectivity index (χ3v) is 5.12. The minimum Gasteiger partial charge on any atom is -0.469 e. The molecule has 0 radical (unpaired) electrons. The van der Waals surface area contributed by atoms with Crippen molar-refractivity contribution < 1.29 is 14.3 Å². The van der Waals surface area contributed by atoms with Crippen molar-refractivity contribution in [3.8, 4) is 0 Å². The number of unbranched alkanes of at least 4 members (excludes halogenated alkanes) is 14. The first-order chi connectivity index (χ1) is 12.7. The van der Waals surface area contributed by atoms with Crippen molar-refractivity contribution >= 4 is 11.8 Å². The van der Waals surface area contributed by atoms with Crippen LogP contribution in [0.3, 0.4) is 0 Å². The van der Waals surface area contributed by atoms with Gasteiger partial charge in [0.15, 0.2) is 0 Å². The summed E-state index contributed by atoms with van der Waals surface area (Å²) >= 11 is 0. The Morgan fingerprint density at radius 1 is 0.538 bits per heavy atom. The van der Waals surface area contributed by atoms with E-state index in [1.165, 1.54) is 77.7 Å². The smallest absolute Gasteiger partial charge is 0.305 e. The second-order valence-corrected chi connectivity index (χ2v) is 7.67. The molecule has 0 aromatic heterocycles. The number of methoxy groups -OCH3 is 1. The minimum absolute atomic E-state index is 0.131. The predicted molar refractivity (Wildman–Crippen MR) is 110 cm³/mol. The van der Waals surface area contributed by atoms with Crippen LogP contribution in [-0.2, 0) is 14.3 Å². The van der Waals surface area contributed by atoms with Crippen molar-refractivity contribution in [3.05, 3.63) is 0 Å². The standard InChI is InChI=1S/C23H44O3/c1-3-4-5-6-7-8-9-10-11-12-13-16-19-22(24)20-17-14-15-18-21-23(25)26-2/h3-21H2,1-2H3. The molecule has 0 aromatic rings. The number of esters is 1. The van der Waals surface area contributed by atoms with E-state index >= 15 is 0 Å². The van der Waals surface area contributed by atoms with Gasteiger partial charge in [-0.05, 0) is 19.3 Å². The highest BCUT2D eigenvalue weighted by Gasteiger charge is 2.03. The molecule has 0 fully saturated rings. The molecule has 0 aliphatic rings. The number of ketones is 1. The molecular weight excluding hydrogens is 324 g/mol. The van der Waals surface area contributed by atoms with E-state index in [9.17, 15) is 9.59 Å². The molecule has 26 heavy (non-hydrogen) atoms. The van der Waals surface area contributed by atoms with Gasteiger partial charge in [0.25, 0.3) is 0 Å². The molecule has 0 rings (SSSR count). The van der Waals surface area contributed by atoms with Crippen molar-refractivity contribution in [1.29, 1.82) is 0 Å². The monoisotopic (exact) mass is 368 g/mol. The third kappa shape index (κ3) is 19.5. The summed E-state index contributed by atoms with van der Waals surface area (Å²) < 4.78 is 4.61. The summed E-state index contributed by atoms with van der Waals surface area (Å²) in [6, 6.07) is 0. The van der Waals surface area contributed by atoms with E-state index in [0.29, 0.717) is 12.2 Å². The van der Waals surface area contributed by atoms with Gasteiger partial charge in [0, 0.05) is 19.3 Å². The predicted octanol–water partition coefficient (Wildman–Crippen LogP) is 7.16. The van der Waals surface area contributed by atoms with E-state index in [1.54, 1.807) is 0 Å². The molecule has 0 amide bonds. The van der Waals surface area contributed by atoms with E-state index in [-0.39, 0.29) is 5.97 Å². The highest BCUT2D eigenvalue weighted by Crippen LogP contribution is 2.13. The fourth-order valence-electron chi connectivity index (χ4n) is 3.34. The lowest BCUT2D eigenvalue weighted by Gasteiger charge is -2.03. The van der Waals surface area contributed by atoms with Gasteiger partial charge >= 0.3 is 5.97 Å². The number of Topliss-reactive ketones (excluding diaryl/α,β-unsaturated/α-hetero) is 1. The van der Waals surface area contributed by atoms with Gasteiger partial charge in [-0.3, -0.25) is 9.59 Å². The zero-order chi connectivity index (χ0) is 19.3. The molecule has 0 N–H and O–H groups in total. The van der Waals surface area contributed by atoms with Crippen molar-refractivity contribution in [3.63, 3.8) is 0 Å². The largest absolute Gasteiger partial charge is 0.469 e. The lowest BCUT2D eigenvalue weighted by atomic mass is 10.0. The van der Waals surface area contributed by atoms with E-state index < -0.39 is 0 Å². The van der Waals surface area contributed by atoms with Crippen LogP contribution in [0.5, 0.6) is 0 Å². The van der Waals surface area contributed by atoms with Gasteiger partial charge < -0.3 is 4.74 Å². The Kier molecular flexibility index (Phi) is 19.8. The average Bonchev–Trinajstić information content (AvgIpc) is 2.65. The fourth-order valence-corrected chi connectivity index (χ4v) is 3.34. The molecule has 154 valence electrons. The first-order valence-electron chi connectivity index (χ1n) is 11.3. The molecule has 0 saturated carbocycles. The van der Waals surface area contributed by atoms with Crippen LogP contribution in [0.4, 0.5) is 0 Å². The van der Waals surface area contributed by atoms with Crippen LogP contribution in [-0.4, -0.2) is 18.9 Å². The van der Waals surface area contributed by atoms with Gasteiger partial charge in [0.05, 0.1) is 7.11 Å². The minimum atomic E-state index is -0.131. The Balaban J connectivity index is 3.18. The Hall–Kier alpha value is -0.860. The Morgan fingerprint density at radius 2 is 0.885 bits per heavy atom. The molecular formula is C23H44O3. The molecule has 0 heterocycles. The second-order valence-electron chi connectivity index (χ2n) is 7.67. The maximum atomic E-state index is 11.8. The van der Waals surface area contributed by atoms with E-state index in [4.69, 9.17) is 0 Å². The van der Waals surface area contributed by atoms with Crippen LogP contribution in [0.15, 0.2) is 0 Å². The van der Waals surface area contributed by atoms with E-state index in [2.05, 4.69) is 11.7 Å². The highest BCUT2D eigenvalue weighted by atomic mass is 16.5. The van der Waals surface area contributed by atoms with Gasteiger partial charge in [0.1, 0.15) is 5.78 Å². The zero-order valence-corrected chi connectivity index (χ0v) is 17.7. The zero-order valence-electron chi connectivity index (χ0n) is 17.7. The highest BCUT2D eigenvalue weighted by molar-refractivity contribution is 5.78. The molecule has 0 aliphatic heterocycles. The Bertz CT molecular complexity index is 325. The van der Waals surface area contributed by atoms with Crippen LogP contribution in [0.25, 0.3) is 0 Å². The van der Waals surface area contributed by atoms with Crippen LogP contribution >= 0.6 is 0 Å². The van der Waals surface area contributed by atoms with Gasteiger partial charge in [0.2, 0.25) is 0 Å². The van der Waals surface area contributed by atoms with Gasteiger partial charge in [-0.15, -0.1) is 0 Å². The molecule has 0 aliphatic carbocycles. The summed E-state index contributed by atoms with van der Waals surface area (Å²) in [4.78, 5) is 22.8. The number of hydrogen-bond donors (Lipinski definition) is 0. The van der Waals surface area contributed by atoms with Crippen molar-refractivity contribution in [2.75, 3.05) is 7.11 Å². The van der Waals surface area contributed by atoms with Crippen LogP contribution < -0.4 is 0 Å². The lowest BCUT2D eigenvalue weighted by molar-refractivity contribution is -0.140. The Labute approximate surface area is 162 Å². The molecule has 0 unspecified atom stereocenters. The summed E-state index contributed by atoms with van der Waals surface area (Å²) in [5.41, 5.74) is 0. The number of rotatable bonds is 20. The molecule has 3 heteroatoms. The van der Waals surface area contributed by atoms with E-state index in [0.717, 1.165) is 44.9 Å². The first kappa shape index (κ1) is 25.1. The second kappa shape index (κ2) is 20.5. The molecule has 0 atom stereocenters. The molecule has 0 spiro atoms. The summed E-state index contributed by atoms with van der Waals surface area (Å²) in [5.74, 6) is 0.290. The Morgan fingerprint density at radius 3 is 1.27 bits per heavy atom. The van der Waals surface area contributed by atoms with Crippen molar-refractivity contribution in [1.82, 2.24) is 0 Å². The maximum absolute atomic E-state index is 11.8. The molecule has 3 nitrogen and oxygen atoms in total. The molecule has 0 saturated heterocycles. The van der Waals surface area contributed by atoms with Gasteiger partial charge in [-0.1, -0.05) is 90.4 Å². The summed E-state index contributed by atoms with van der Waals surface area (Å²) in [6.45, 7) is 2.27. The van der Waals surface area contributed by atoms with Crippen LogP contribution in [0.1, 0.15) is 129 Å².